The number of halogens is 12. The van der Waals surface area contributed by atoms with Gasteiger partial charge in [0.05, 0.1) is 0 Å². The molecule has 0 aliphatic rings. The lowest BCUT2D eigenvalue weighted by atomic mass is 9.35. The largest absolute Gasteiger partial charge is 0.264 e. The van der Waals surface area contributed by atoms with Crippen molar-refractivity contribution in [3.63, 3.8) is 0 Å². The Bertz CT molecular complexity index is 1250. The van der Waals surface area contributed by atoms with E-state index in [1.807, 2.05) is 0 Å². The molecule has 13 heteroatoms. The average Bonchev–Trinajstić information content (AvgIpc) is 2.86. The lowest BCUT2D eigenvalue weighted by Crippen LogP contribution is -2.60. The molecule has 0 bridgehead atoms. The molecule has 0 N–H and O–H groups in total. The minimum Gasteiger partial charge on any atom is -0.207 e. The van der Waals surface area contributed by atoms with Gasteiger partial charge in [-0.1, -0.05) is 20.8 Å². The van der Waals surface area contributed by atoms with Crippen molar-refractivity contribution in [2.45, 2.75) is 40.0 Å². The molecule has 0 saturated heterocycles. The molecular formula is C24H15BF12. The average molecular weight is 542 g/mol. The van der Waals surface area contributed by atoms with E-state index in [0.29, 0.717) is 0 Å². The standard InChI is InChI=1S/C24H15BF12/c1-4-7-13(26)10(19(32)22(35)16(7)29)25(11-14(27)8(5-2)17(30)23(36)20(11)33)12-15(28)9(6-3)18(31)24(37)21(12)34/h4-6H2,1-3H3. The topological polar surface area (TPSA) is 0 Å². The molecule has 0 fully saturated rings. The fourth-order valence-electron chi connectivity index (χ4n) is 4.23. The van der Waals surface area contributed by atoms with Gasteiger partial charge in [-0.3, -0.25) is 0 Å². The van der Waals surface area contributed by atoms with Gasteiger partial charge in [0.25, 0.3) is 6.71 Å². The summed E-state index contributed by atoms with van der Waals surface area (Å²) in [6, 6.07) is 0. The fraction of sp³-hybridized carbons (Fsp3) is 0.250. The van der Waals surface area contributed by atoms with Crippen LogP contribution >= 0.6 is 0 Å². The molecule has 0 saturated carbocycles. The first kappa shape index (κ1) is 28.5. The zero-order valence-electron chi connectivity index (χ0n) is 19.2. The van der Waals surface area contributed by atoms with Crippen LogP contribution in [0.25, 0.3) is 0 Å². The third-order valence-corrected chi connectivity index (χ3v) is 6.09. The molecule has 3 aromatic carbocycles. The summed E-state index contributed by atoms with van der Waals surface area (Å²) >= 11 is 0. The Morgan fingerprint density at radius 3 is 0.730 bits per heavy atom. The summed E-state index contributed by atoms with van der Waals surface area (Å²) in [5.74, 6) is -27.4. The van der Waals surface area contributed by atoms with Gasteiger partial charge in [-0.05, 0) is 19.3 Å². The Balaban J connectivity index is 2.71. The lowest BCUT2D eigenvalue weighted by molar-refractivity contribution is 0.428. The van der Waals surface area contributed by atoms with Crippen molar-refractivity contribution in [3.8, 4) is 0 Å². The smallest absolute Gasteiger partial charge is 0.207 e. The summed E-state index contributed by atoms with van der Waals surface area (Å²) < 4.78 is 177. The van der Waals surface area contributed by atoms with Gasteiger partial charge in [0.15, 0.2) is 52.4 Å². The summed E-state index contributed by atoms with van der Waals surface area (Å²) in [5, 5.41) is 0. The van der Waals surface area contributed by atoms with Crippen LogP contribution in [0.2, 0.25) is 0 Å². The van der Waals surface area contributed by atoms with Crippen LogP contribution in [0, 0.1) is 69.8 Å². The molecule has 37 heavy (non-hydrogen) atoms. The first-order valence-electron chi connectivity index (χ1n) is 10.8. The molecule has 0 atom stereocenters. The Hall–Kier alpha value is -3.12. The van der Waals surface area contributed by atoms with E-state index >= 15 is 26.3 Å². The van der Waals surface area contributed by atoms with Crippen LogP contribution in [0.15, 0.2) is 0 Å². The van der Waals surface area contributed by atoms with E-state index in [1.54, 1.807) is 0 Å². The summed E-state index contributed by atoms with van der Waals surface area (Å²) in [6.07, 6.45) is -2.17. The maximum atomic E-state index is 15.4. The van der Waals surface area contributed by atoms with Crippen molar-refractivity contribution in [1.82, 2.24) is 0 Å². The van der Waals surface area contributed by atoms with E-state index in [1.165, 1.54) is 0 Å². The molecule has 0 aliphatic heterocycles. The van der Waals surface area contributed by atoms with Gasteiger partial charge in [0, 0.05) is 33.1 Å². The van der Waals surface area contributed by atoms with Crippen LogP contribution in [0.4, 0.5) is 52.7 Å². The molecular weight excluding hydrogens is 527 g/mol. The second-order valence-electron chi connectivity index (χ2n) is 7.94. The van der Waals surface area contributed by atoms with Crippen molar-refractivity contribution in [3.05, 3.63) is 86.5 Å². The lowest BCUT2D eigenvalue weighted by Gasteiger charge is -2.23. The highest BCUT2D eigenvalue weighted by Crippen LogP contribution is 2.25. The monoisotopic (exact) mass is 542 g/mol. The van der Waals surface area contributed by atoms with Crippen molar-refractivity contribution < 1.29 is 52.7 Å². The van der Waals surface area contributed by atoms with Gasteiger partial charge >= 0.3 is 0 Å². The second kappa shape index (κ2) is 10.3. The van der Waals surface area contributed by atoms with Crippen molar-refractivity contribution in [2.24, 2.45) is 0 Å². The third-order valence-electron chi connectivity index (χ3n) is 6.09. The predicted molar refractivity (Wildman–Crippen MR) is 112 cm³/mol. The SMILES string of the molecule is CCc1c(F)c(F)c(F)c(B(c2c(F)c(F)c(F)c(CC)c2F)c2c(F)c(F)c(F)c(CC)c2F)c1F. The number of hydrogen-bond acceptors (Lipinski definition) is 0. The first-order valence-corrected chi connectivity index (χ1v) is 10.8. The molecule has 0 unspecified atom stereocenters. The van der Waals surface area contributed by atoms with Crippen LogP contribution in [0.3, 0.4) is 0 Å². The summed E-state index contributed by atoms with van der Waals surface area (Å²) in [4.78, 5) is 0. The molecule has 3 aromatic rings. The number of hydrogen-bond donors (Lipinski definition) is 0. The Morgan fingerprint density at radius 1 is 0.324 bits per heavy atom. The van der Waals surface area contributed by atoms with E-state index in [0.717, 1.165) is 20.8 Å². The molecule has 0 nitrogen and oxygen atoms in total. The van der Waals surface area contributed by atoms with E-state index < -0.39 is 129 Å². The highest BCUT2D eigenvalue weighted by molar-refractivity contribution is 6.95. The summed E-state index contributed by atoms with van der Waals surface area (Å²) in [6.45, 7) is -0.112. The molecule has 3 rings (SSSR count). The maximum Gasteiger partial charge on any atom is 0.264 e. The number of benzene rings is 3. The van der Waals surface area contributed by atoms with Crippen LogP contribution < -0.4 is 16.4 Å². The van der Waals surface area contributed by atoms with Gasteiger partial charge in [-0.25, -0.2) is 52.7 Å². The van der Waals surface area contributed by atoms with Crippen LogP contribution in [0.5, 0.6) is 0 Å². The summed E-state index contributed by atoms with van der Waals surface area (Å²) in [7, 11) is 0. The first-order chi connectivity index (χ1) is 17.3. The van der Waals surface area contributed by atoms with E-state index in [-0.39, 0.29) is 0 Å². The molecule has 0 aromatic heterocycles. The van der Waals surface area contributed by atoms with Gasteiger partial charge < -0.3 is 0 Å². The van der Waals surface area contributed by atoms with Crippen LogP contribution in [-0.2, 0) is 19.3 Å². The molecule has 0 spiro atoms. The minimum atomic E-state index is -3.24. The minimum absolute atomic E-state index is 0.722. The van der Waals surface area contributed by atoms with Gasteiger partial charge in [-0.15, -0.1) is 0 Å². The fourth-order valence-corrected chi connectivity index (χ4v) is 4.23. The zero-order chi connectivity index (χ0) is 28.1. The highest BCUT2D eigenvalue weighted by Gasteiger charge is 2.44. The summed E-state index contributed by atoms with van der Waals surface area (Å²) in [5.41, 5.74) is -9.53. The highest BCUT2D eigenvalue weighted by atomic mass is 19.2. The Morgan fingerprint density at radius 2 is 0.541 bits per heavy atom. The Labute approximate surface area is 203 Å². The van der Waals surface area contributed by atoms with Crippen LogP contribution in [-0.4, -0.2) is 6.71 Å². The van der Waals surface area contributed by atoms with E-state index in [9.17, 15) is 26.3 Å². The van der Waals surface area contributed by atoms with Crippen molar-refractivity contribution >= 4 is 23.1 Å². The predicted octanol–water partition coefficient (Wildman–Crippen LogP) is 5.56. The second-order valence-corrected chi connectivity index (χ2v) is 7.94. The maximum absolute atomic E-state index is 15.4. The Kier molecular flexibility index (Phi) is 7.95. The molecule has 198 valence electrons. The van der Waals surface area contributed by atoms with Crippen molar-refractivity contribution in [1.29, 1.82) is 0 Å². The molecule has 0 heterocycles. The molecule has 0 amide bonds. The number of rotatable bonds is 6. The van der Waals surface area contributed by atoms with Crippen LogP contribution in [0.1, 0.15) is 37.5 Å². The van der Waals surface area contributed by atoms with Gasteiger partial charge in [-0.2, -0.15) is 0 Å². The van der Waals surface area contributed by atoms with Gasteiger partial charge in [0.1, 0.15) is 17.5 Å². The molecule has 0 radical (unpaired) electrons. The van der Waals surface area contributed by atoms with E-state index in [4.69, 9.17) is 0 Å². The zero-order valence-corrected chi connectivity index (χ0v) is 19.2. The van der Waals surface area contributed by atoms with E-state index in [2.05, 4.69) is 0 Å². The van der Waals surface area contributed by atoms with Gasteiger partial charge in [0.2, 0.25) is 0 Å². The third kappa shape index (κ3) is 4.16. The quantitative estimate of drug-likeness (QED) is 0.166. The van der Waals surface area contributed by atoms with Crippen molar-refractivity contribution in [2.75, 3.05) is 0 Å². The normalized spacial score (nSPS) is 11.4. The molecule has 0 aliphatic carbocycles.